The Bertz CT molecular complexity index is 437. The van der Waals surface area contributed by atoms with Gasteiger partial charge in [-0.05, 0) is 25.0 Å². The minimum atomic E-state index is -0.0420. The summed E-state index contributed by atoms with van der Waals surface area (Å²) >= 11 is 3.41. The molecule has 0 bridgehead atoms. The van der Waals surface area contributed by atoms with Crippen LogP contribution in [0.5, 0.6) is 11.5 Å². The maximum absolute atomic E-state index is 12.4. The van der Waals surface area contributed by atoms with Crippen LogP contribution in [0.15, 0.2) is 18.2 Å². The molecule has 0 aliphatic carbocycles. The molecule has 20 heavy (non-hydrogen) atoms. The van der Waals surface area contributed by atoms with E-state index < -0.39 is 0 Å². The molecule has 0 heterocycles. The van der Waals surface area contributed by atoms with Gasteiger partial charge in [0.05, 0.1) is 19.8 Å². The molecule has 0 N–H and O–H groups in total. The third-order valence-corrected chi connectivity index (χ3v) is 3.67. The summed E-state index contributed by atoms with van der Waals surface area (Å²) in [4.78, 5) is 14.2. The van der Waals surface area contributed by atoms with Gasteiger partial charge in [0.25, 0.3) is 5.91 Å². The Balaban J connectivity index is 2.76. The highest BCUT2D eigenvalue weighted by molar-refractivity contribution is 9.09. The number of para-hydroxylation sites is 1. The second-order valence-corrected chi connectivity index (χ2v) is 5.31. The molecule has 4 nitrogen and oxygen atoms in total. The number of nitrogens with zero attached hydrogens (tertiary/aromatic N) is 1. The van der Waals surface area contributed by atoms with Crippen molar-refractivity contribution in [2.24, 2.45) is 0 Å². The third kappa shape index (κ3) is 4.40. The molecular formula is C15H22BrNO3. The van der Waals surface area contributed by atoms with Gasteiger partial charge in [-0.2, -0.15) is 0 Å². The summed E-state index contributed by atoms with van der Waals surface area (Å²) in [5.41, 5.74) is 0.537. The van der Waals surface area contributed by atoms with Crippen molar-refractivity contribution in [3.8, 4) is 11.5 Å². The quantitative estimate of drug-likeness (QED) is 0.536. The summed E-state index contributed by atoms with van der Waals surface area (Å²) in [7, 11) is 4.93. The van der Waals surface area contributed by atoms with Crippen molar-refractivity contribution in [1.82, 2.24) is 4.90 Å². The summed E-state index contributed by atoms with van der Waals surface area (Å²) in [5, 5.41) is 1.01. The lowest BCUT2D eigenvalue weighted by atomic mass is 10.1. The van der Waals surface area contributed by atoms with Crippen molar-refractivity contribution < 1.29 is 14.3 Å². The van der Waals surface area contributed by atoms with Crippen molar-refractivity contribution in [3.63, 3.8) is 0 Å². The summed E-state index contributed by atoms with van der Waals surface area (Å²) in [5.74, 6) is 1.03. The molecule has 0 aliphatic heterocycles. The van der Waals surface area contributed by atoms with Crippen molar-refractivity contribution in [1.29, 1.82) is 0 Å². The molecule has 0 fully saturated rings. The van der Waals surface area contributed by atoms with Crippen LogP contribution in [0.4, 0.5) is 0 Å². The molecule has 0 saturated carbocycles. The van der Waals surface area contributed by atoms with E-state index in [1.54, 1.807) is 37.3 Å². The normalized spacial score (nSPS) is 10.2. The topological polar surface area (TPSA) is 38.8 Å². The molecule has 5 heteroatoms. The van der Waals surface area contributed by atoms with Crippen molar-refractivity contribution in [2.75, 3.05) is 33.1 Å². The van der Waals surface area contributed by atoms with E-state index >= 15 is 0 Å². The fraction of sp³-hybridized carbons (Fsp3) is 0.533. The Labute approximate surface area is 129 Å². The Morgan fingerprint density at radius 1 is 1.20 bits per heavy atom. The minimum absolute atomic E-state index is 0.0420. The Hall–Kier alpha value is -1.23. The van der Waals surface area contributed by atoms with E-state index in [1.165, 1.54) is 0 Å². The van der Waals surface area contributed by atoms with Crippen LogP contribution in [0.3, 0.4) is 0 Å². The lowest BCUT2D eigenvalue weighted by Crippen LogP contribution is -2.28. The van der Waals surface area contributed by atoms with Crippen LogP contribution in [0.25, 0.3) is 0 Å². The summed E-state index contributed by atoms with van der Waals surface area (Å²) < 4.78 is 10.5. The Kier molecular flexibility index (Phi) is 7.44. The zero-order valence-corrected chi connectivity index (χ0v) is 13.9. The Morgan fingerprint density at radius 3 is 2.55 bits per heavy atom. The highest BCUT2D eigenvalue weighted by Gasteiger charge is 2.19. The van der Waals surface area contributed by atoms with E-state index in [2.05, 4.69) is 15.9 Å². The monoisotopic (exact) mass is 343 g/mol. The van der Waals surface area contributed by atoms with Gasteiger partial charge in [-0.3, -0.25) is 4.79 Å². The number of carbonyl (C=O) groups excluding carboxylic acids is 1. The second-order valence-electron chi connectivity index (χ2n) is 4.52. The summed E-state index contributed by atoms with van der Waals surface area (Å²) in [6.45, 7) is 0.742. The number of benzene rings is 1. The fourth-order valence-electron chi connectivity index (χ4n) is 1.98. The molecule has 0 radical (unpaired) electrons. The maximum atomic E-state index is 12.4. The number of ether oxygens (including phenoxy) is 2. The molecule has 1 aromatic rings. The first kappa shape index (κ1) is 16.8. The first-order chi connectivity index (χ1) is 9.65. The predicted molar refractivity (Wildman–Crippen MR) is 84.2 cm³/mol. The average molecular weight is 344 g/mol. The van der Waals surface area contributed by atoms with E-state index in [-0.39, 0.29) is 5.91 Å². The van der Waals surface area contributed by atoms with Crippen LogP contribution in [-0.4, -0.2) is 43.9 Å². The van der Waals surface area contributed by atoms with Gasteiger partial charge >= 0.3 is 0 Å². The average Bonchev–Trinajstić information content (AvgIpc) is 2.49. The smallest absolute Gasteiger partial charge is 0.257 e. The standard InChI is InChI=1S/C15H22BrNO3/c1-17(11-6-4-5-10-16)15(18)12-8-7-9-13(19-2)14(12)20-3/h7-9H,4-6,10-11H2,1-3H3. The number of rotatable bonds is 8. The lowest BCUT2D eigenvalue weighted by Gasteiger charge is -2.19. The number of amides is 1. The largest absolute Gasteiger partial charge is 0.493 e. The maximum Gasteiger partial charge on any atom is 0.257 e. The van der Waals surface area contributed by atoms with Crippen molar-refractivity contribution in [3.05, 3.63) is 23.8 Å². The van der Waals surface area contributed by atoms with Gasteiger partial charge < -0.3 is 14.4 Å². The molecule has 1 amide bonds. The molecule has 0 atom stereocenters. The SMILES string of the molecule is COc1cccc(C(=O)N(C)CCCCCBr)c1OC. The number of hydrogen-bond acceptors (Lipinski definition) is 3. The van der Waals surface area contributed by atoms with Gasteiger partial charge in [0.1, 0.15) is 0 Å². The van der Waals surface area contributed by atoms with Crippen LogP contribution in [0, 0.1) is 0 Å². The molecule has 1 aromatic carbocycles. The molecule has 112 valence electrons. The van der Waals surface area contributed by atoms with Gasteiger partial charge in [0.2, 0.25) is 0 Å². The van der Waals surface area contributed by atoms with Gasteiger partial charge in [-0.15, -0.1) is 0 Å². The zero-order chi connectivity index (χ0) is 15.0. The lowest BCUT2D eigenvalue weighted by molar-refractivity contribution is 0.0788. The highest BCUT2D eigenvalue weighted by Crippen LogP contribution is 2.31. The predicted octanol–water partition coefficient (Wildman–Crippen LogP) is 3.34. The summed E-state index contributed by atoms with van der Waals surface area (Å²) in [6, 6.07) is 5.34. The van der Waals surface area contributed by atoms with E-state index in [9.17, 15) is 4.79 Å². The number of halogens is 1. The highest BCUT2D eigenvalue weighted by atomic mass is 79.9. The number of hydrogen-bond donors (Lipinski definition) is 0. The van der Waals surface area contributed by atoms with Crippen LogP contribution in [0.1, 0.15) is 29.6 Å². The van der Waals surface area contributed by atoms with Gasteiger partial charge in [-0.1, -0.05) is 28.4 Å². The number of alkyl halides is 1. The van der Waals surface area contributed by atoms with Crippen molar-refractivity contribution >= 4 is 21.8 Å². The van der Waals surface area contributed by atoms with Crippen LogP contribution in [0.2, 0.25) is 0 Å². The molecule has 0 saturated heterocycles. The van der Waals surface area contributed by atoms with Gasteiger partial charge in [0, 0.05) is 18.9 Å². The molecule has 0 aromatic heterocycles. The first-order valence-electron chi connectivity index (χ1n) is 6.68. The van der Waals surface area contributed by atoms with Crippen LogP contribution in [-0.2, 0) is 0 Å². The second kappa shape index (κ2) is 8.84. The zero-order valence-electron chi connectivity index (χ0n) is 12.3. The Morgan fingerprint density at radius 2 is 1.95 bits per heavy atom. The third-order valence-electron chi connectivity index (χ3n) is 3.11. The molecular weight excluding hydrogens is 322 g/mol. The molecule has 0 aliphatic rings. The minimum Gasteiger partial charge on any atom is -0.493 e. The number of methoxy groups -OCH3 is 2. The molecule has 0 unspecified atom stereocenters. The number of carbonyl (C=O) groups is 1. The van der Waals surface area contributed by atoms with Crippen LogP contribution < -0.4 is 9.47 Å². The van der Waals surface area contributed by atoms with E-state index in [0.717, 1.165) is 31.1 Å². The van der Waals surface area contributed by atoms with Crippen molar-refractivity contribution in [2.45, 2.75) is 19.3 Å². The molecule has 1 rings (SSSR count). The van der Waals surface area contributed by atoms with E-state index in [1.807, 2.05) is 7.05 Å². The molecule has 0 spiro atoms. The van der Waals surface area contributed by atoms with Crippen LogP contribution >= 0.6 is 15.9 Å². The van der Waals surface area contributed by atoms with E-state index in [0.29, 0.717) is 17.1 Å². The van der Waals surface area contributed by atoms with Gasteiger partial charge in [0.15, 0.2) is 11.5 Å². The first-order valence-corrected chi connectivity index (χ1v) is 7.80. The van der Waals surface area contributed by atoms with E-state index in [4.69, 9.17) is 9.47 Å². The fourth-order valence-corrected chi connectivity index (χ4v) is 2.38. The number of unbranched alkanes of at least 4 members (excludes halogenated alkanes) is 2. The van der Waals surface area contributed by atoms with Gasteiger partial charge in [-0.25, -0.2) is 0 Å². The summed E-state index contributed by atoms with van der Waals surface area (Å²) in [6.07, 6.45) is 3.24.